The summed E-state index contributed by atoms with van der Waals surface area (Å²) >= 11 is 3.47. The molecule has 2 rings (SSSR count). The Labute approximate surface area is 90.6 Å². The SMILES string of the molecule is Cc1cc2c(c(C)c1Br)NC(=O)CO2. The Morgan fingerprint density at radius 1 is 1.50 bits per heavy atom. The number of nitrogens with one attached hydrogen (secondary N) is 1. The van der Waals surface area contributed by atoms with Crippen LogP contribution < -0.4 is 10.1 Å². The third-order valence-corrected chi connectivity index (χ3v) is 3.49. The molecule has 0 unspecified atom stereocenters. The number of hydrogen-bond donors (Lipinski definition) is 1. The van der Waals surface area contributed by atoms with Crippen LogP contribution in [0, 0.1) is 13.8 Å². The number of ether oxygens (including phenoxy) is 1. The van der Waals surface area contributed by atoms with Gasteiger partial charge in [0.25, 0.3) is 5.91 Å². The molecule has 74 valence electrons. The van der Waals surface area contributed by atoms with Gasteiger partial charge in [-0.2, -0.15) is 0 Å². The molecule has 1 aromatic carbocycles. The maximum Gasteiger partial charge on any atom is 0.262 e. The summed E-state index contributed by atoms with van der Waals surface area (Å²) in [6.45, 7) is 4.05. The molecule has 14 heavy (non-hydrogen) atoms. The molecule has 4 heteroatoms. The summed E-state index contributed by atoms with van der Waals surface area (Å²) in [6, 6.07) is 1.92. The quantitative estimate of drug-likeness (QED) is 0.774. The summed E-state index contributed by atoms with van der Waals surface area (Å²) in [4.78, 5) is 11.1. The van der Waals surface area contributed by atoms with E-state index < -0.39 is 0 Å². The van der Waals surface area contributed by atoms with Gasteiger partial charge in [-0.3, -0.25) is 4.79 Å². The zero-order chi connectivity index (χ0) is 10.3. The van der Waals surface area contributed by atoms with Gasteiger partial charge in [-0.05, 0) is 31.0 Å². The maximum absolute atomic E-state index is 11.1. The first-order valence-electron chi connectivity index (χ1n) is 4.32. The Bertz CT molecular complexity index is 415. The first kappa shape index (κ1) is 9.52. The predicted molar refractivity (Wildman–Crippen MR) is 57.7 cm³/mol. The van der Waals surface area contributed by atoms with E-state index in [-0.39, 0.29) is 12.5 Å². The van der Waals surface area contributed by atoms with Crippen LogP contribution in [0.4, 0.5) is 5.69 Å². The highest BCUT2D eigenvalue weighted by atomic mass is 79.9. The second kappa shape index (κ2) is 3.28. The van der Waals surface area contributed by atoms with E-state index >= 15 is 0 Å². The highest BCUT2D eigenvalue weighted by Gasteiger charge is 2.20. The summed E-state index contributed by atoms with van der Waals surface area (Å²) in [5, 5.41) is 2.80. The molecular weight excluding hydrogens is 246 g/mol. The molecule has 0 atom stereocenters. The molecule has 0 radical (unpaired) electrons. The van der Waals surface area contributed by atoms with E-state index in [1.807, 2.05) is 19.9 Å². The van der Waals surface area contributed by atoms with E-state index in [9.17, 15) is 4.79 Å². The third kappa shape index (κ3) is 1.39. The highest BCUT2D eigenvalue weighted by Crippen LogP contribution is 2.37. The van der Waals surface area contributed by atoms with E-state index in [1.54, 1.807) is 0 Å². The van der Waals surface area contributed by atoms with E-state index in [2.05, 4.69) is 21.2 Å². The first-order valence-corrected chi connectivity index (χ1v) is 5.11. The fourth-order valence-electron chi connectivity index (χ4n) is 1.51. The molecule has 1 aliphatic heterocycles. The number of amides is 1. The average Bonchev–Trinajstić information content (AvgIpc) is 2.16. The van der Waals surface area contributed by atoms with Gasteiger partial charge in [0, 0.05) is 4.47 Å². The van der Waals surface area contributed by atoms with E-state index in [4.69, 9.17) is 4.74 Å². The molecule has 1 heterocycles. The van der Waals surface area contributed by atoms with Gasteiger partial charge < -0.3 is 10.1 Å². The van der Waals surface area contributed by atoms with Gasteiger partial charge in [0.1, 0.15) is 5.75 Å². The van der Waals surface area contributed by atoms with Gasteiger partial charge in [-0.25, -0.2) is 0 Å². The summed E-state index contributed by atoms with van der Waals surface area (Å²) in [5.41, 5.74) is 2.89. The molecule has 0 saturated carbocycles. The van der Waals surface area contributed by atoms with Gasteiger partial charge in [-0.1, -0.05) is 15.9 Å². The third-order valence-electron chi connectivity index (χ3n) is 2.27. The summed E-state index contributed by atoms with van der Waals surface area (Å²) in [7, 11) is 0. The molecule has 0 bridgehead atoms. The van der Waals surface area contributed by atoms with Crippen LogP contribution in [-0.2, 0) is 4.79 Å². The lowest BCUT2D eigenvalue weighted by Crippen LogP contribution is -2.26. The van der Waals surface area contributed by atoms with Crippen LogP contribution >= 0.6 is 15.9 Å². The normalized spacial score (nSPS) is 14.4. The van der Waals surface area contributed by atoms with Gasteiger partial charge >= 0.3 is 0 Å². The number of carbonyl (C=O) groups is 1. The number of rotatable bonds is 0. The van der Waals surface area contributed by atoms with E-state index in [0.717, 1.165) is 27.0 Å². The van der Waals surface area contributed by atoms with Crippen molar-refractivity contribution in [1.82, 2.24) is 0 Å². The Hall–Kier alpha value is -1.03. The van der Waals surface area contributed by atoms with Crippen molar-refractivity contribution in [3.05, 3.63) is 21.7 Å². The van der Waals surface area contributed by atoms with Gasteiger partial charge in [-0.15, -0.1) is 0 Å². The minimum Gasteiger partial charge on any atom is -0.482 e. The molecule has 0 fully saturated rings. The van der Waals surface area contributed by atoms with Crippen molar-refractivity contribution in [2.45, 2.75) is 13.8 Å². The van der Waals surface area contributed by atoms with Crippen molar-refractivity contribution in [2.24, 2.45) is 0 Å². The van der Waals surface area contributed by atoms with E-state index in [1.165, 1.54) is 0 Å². The predicted octanol–water partition coefficient (Wildman–Crippen LogP) is 2.40. The molecule has 0 aliphatic carbocycles. The Kier molecular flexibility index (Phi) is 2.23. The zero-order valence-corrected chi connectivity index (χ0v) is 9.56. The Balaban J connectivity index is 2.60. The summed E-state index contributed by atoms with van der Waals surface area (Å²) in [5.74, 6) is 0.652. The van der Waals surface area contributed by atoms with Crippen LogP contribution in [0.15, 0.2) is 10.5 Å². The first-order chi connectivity index (χ1) is 6.59. The van der Waals surface area contributed by atoms with Gasteiger partial charge in [0.2, 0.25) is 0 Å². The van der Waals surface area contributed by atoms with Crippen LogP contribution in [-0.4, -0.2) is 12.5 Å². The summed E-state index contributed by atoms with van der Waals surface area (Å²) in [6.07, 6.45) is 0. The van der Waals surface area contributed by atoms with Crippen LogP contribution in [0.5, 0.6) is 5.75 Å². The van der Waals surface area contributed by atoms with Crippen LogP contribution in [0.2, 0.25) is 0 Å². The van der Waals surface area contributed by atoms with Crippen molar-refractivity contribution >= 4 is 27.5 Å². The molecule has 1 aliphatic rings. The number of halogens is 1. The lowest BCUT2D eigenvalue weighted by molar-refractivity contribution is -0.118. The average molecular weight is 256 g/mol. The number of carbonyl (C=O) groups excluding carboxylic acids is 1. The minimum absolute atomic E-state index is 0.101. The smallest absolute Gasteiger partial charge is 0.262 e. The van der Waals surface area contributed by atoms with Crippen molar-refractivity contribution in [2.75, 3.05) is 11.9 Å². The van der Waals surface area contributed by atoms with Crippen molar-refractivity contribution in [3.8, 4) is 5.75 Å². The zero-order valence-electron chi connectivity index (χ0n) is 7.98. The largest absolute Gasteiger partial charge is 0.482 e. The molecule has 1 N–H and O–H groups in total. The summed E-state index contributed by atoms with van der Waals surface area (Å²) < 4.78 is 6.34. The van der Waals surface area contributed by atoms with Crippen molar-refractivity contribution in [3.63, 3.8) is 0 Å². The molecule has 0 saturated heterocycles. The monoisotopic (exact) mass is 255 g/mol. The Morgan fingerprint density at radius 3 is 2.93 bits per heavy atom. The van der Waals surface area contributed by atoms with Crippen LogP contribution in [0.1, 0.15) is 11.1 Å². The maximum atomic E-state index is 11.1. The second-order valence-electron chi connectivity index (χ2n) is 3.34. The van der Waals surface area contributed by atoms with Gasteiger partial charge in [0.15, 0.2) is 6.61 Å². The second-order valence-corrected chi connectivity index (χ2v) is 4.14. The fraction of sp³-hybridized carbons (Fsp3) is 0.300. The molecule has 1 amide bonds. The van der Waals surface area contributed by atoms with Crippen LogP contribution in [0.3, 0.4) is 0 Å². The molecular formula is C10H10BrNO2. The lowest BCUT2D eigenvalue weighted by Gasteiger charge is -2.21. The van der Waals surface area contributed by atoms with E-state index in [0.29, 0.717) is 0 Å². The number of anilines is 1. The molecule has 1 aromatic rings. The Morgan fingerprint density at radius 2 is 2.21 bits per heavy atom. The van der Waals surface area contributed by atoms with Crippen molar-refractivity contribution < 1.29 is 9.53 Å². The number of hydrogen-bond acceptors (Lipinski definition) is 2. The highest BCUT2D eigenvalue weighted by molar-refractivity contribution is 9.10. The lowest BCUT2D eigenvalue weighted by atomic mass is 10.1. The number of aryl methyl sites for hydroxylation is 1. The molecule has 0 spiro atoms. The number of benzene rings is 1. The standard InChI is InChI=1S/C10H10BrNO2/c1-5-3-7-10(6(2)9(5)11)12-8(13)4-14-7/h3H,4H2,1-2H3,(H,12,13). The fourth-order valence-corrected chi connectivity index (χ4v) is 1.82. The van der Waals surface area contributed by atoms with Gasteiger partial charge in [0.05, 0.1) is 5.69 Å². The minimum atomic E-state index is -0.101. The van der Waals surface area contributed by atoms with Crippen molar-refractivity contribution in [1.29, 1.82) is 0 Å². The molecule has 3 nitrogen and oxygen atoms in total. The number of fused-ring (bicyclic) bond motifs is 1. The topological polar surface area (TPSA) is 38.3 Å². The molecule has 0 aromatic heterocycles. The van der Waals surface area contributed by atoms with Crippen LogP contribution in [0.25, 0.3) is 0 Å².